The molecule has 1 atom stereocenters. The van der Waals surface area contributed by atoms with Gasteiger partial charge < -0.3 is 5.11 Å². The molecule has 0 amide bonds. The van der Waals surface area contributed by atoms with Crippen molar-refractivity contribution in [3.8, 4) is 0 Å². The number of hydrogen-bond donors (Lipinski definition) is 1. The van der Waals surface area contributed by atoms with E-state index in [0.717, 1.165) is 17.5 Å². The maximum absolute atomic E-state index is 11.5. The number of aryl methyl sites for hydroxylation is 1. The Morgan fingerprint density at radius 2 is 1.80 bits per heavy atom. The van der Waals surface area contributed by atoms with Crippen molar-refractivity contribution >= 4 is 17.6 Å². The van der Waals surface area contributed by atoms with Crippen LogP contribution in [0.25, 0.3) is 0 Å². The minimum absolute atomic E-state index is 0.403. The zero-order chi connectivity index (χ0) is 14.5. The predicted octanol–water partition coefficient (Wildman–Crippen LogP) is 4.31. The van der Waals surface area contributed by atoms with Crippen LogP contribution >= 0.6 is 11.6 Å². The highest BCUT2D eigenvalue weighted by molar-refractivity contribution is 6.31. The Hall–Kier alpha value is -1.80. The zero-order valence-corrected chi connectivity index (χ0v) is 12.1. The van der Waals surface area contributed by atoms with Gasteiger partial charge >= 0.3 is 5.97 Å². The molecule has 3 heteroatoms. The molecule has 0 radical (unpaired) electrons. The van der Waals surface area contributed by atoms with Crippen LogP contribution in [0.15, 0.2) is 48.5 Å². The maximum atomic E-state index is 11.5. The van der Waals surface area contributed by atoms with E-state index in [1.54, 1.807) is 6.07 Å². The van der Waals surface area contributed by atoms with Gasteiger partial charge in [-0.3, -0.25) is 4.79 Å². The summed E-state index contributed by atoms with van der Waals surface area (Å²) in [5.41, 5.74) is 2.88. The largest absolute Gasteiger partial charge is 0.481 e. The molecular formula is C17H17ClO2. The van der Waals surface area contributed by atoms with Crippen molar-refractivity contribution in [2.75, 3.05) is 0 Å². The second-order valence-electron chi connectivity index (χ2n) is 4.78. The van der Waals surface area contributed by atoms with Crippen molar-refractivity contribution in [1.29, 1.82) is 0 Å². The van der Waals surface area contributed by atoms with Gasteiger partial charge in [-0.2, -0.15) is 0 Å². The first-order chi connectivity index (χ1) is 9.61. The Labute approximate surface area is 124 Å². The van der Waals surface area contributed by atoms with E-state index in [-0.39, 0.29) is 0 Å². The molecule has 1 N–H and O–H groups in total. The van der Waals surface area contributed by atoms with Gasteiger partial charge in [-0.25, -0.2) is 0 Å². The van der Waals surface area contributed by atoms with Gasteiger partial charge in [0, 0.05) is 5.02 Å². The van der Waals surface area contributed by atoms with Gasteiger partial charge in [0.05, 0.1) is 5.92 Å². The molecule has 20 heavy (non-hydrogen) atoms. The molecule has 0 saturated heterocycles. The molecule has 104 valence electrons. The molecule has 0 bridgehead atoms. The summed E-state index contributed by atoms with van der Waals surface area (Å²) in [5, 5.41) is 10.1. The van der Waals surface area contributed by atoms with Crippen molar-refractivity contribution in [2.24, 2.45) is 0 Å². The molecule has 2 nitrogen and oxygen atoms in total. The number of carbonyl (C=O) groups is 1. The SMILES string of the molecule is CCc1ccc(C(Cc2ccccc2Cl)C(=O)O)cc1. The number of hydrogen-bond acceptors (Lipinski definition) is 1. The summed E-state index contributed by atoms with van der Waals surface area (Å²) in [6.07, 6.45) is 1.35. The van der Waals surface area contributed by atoms with Crippen molar-refractivity contribution < 1.29 is 9.90 Å². The van der Waals surface area contributed by atoms with Gasteiger partial charge in [0.2, 0.25) is 0 Å². The fourth-order valence-electron chi connectivity index (χ4n) is 2.22. The van der Waals surface area contributed by atoms with Crippen molar-refractivity contribution in [3.63, 3.8) is 0 Å². The van der Waals surface area contributed by atoms with Crippen LogP contribution in [0, 0.1) is 0 Å². The Bertz CT molecular complexity index is 590. The van der Waals surface area contributed by atoms with E-state index < -0.39 is 11.9 Å². The first-order valence-corrected chi connectivity index (χ1v) is 7.04. The average Bonchev–Trinajstić information content (AvgIpc) is 2.46. The molecule has 1 unspecified atom stereocenters. The van der Waals surface area contributed by atoms with Crippen LogP contribution < -0.4 is 0 Å². The molecule has 0 saturated carbocycles. The molecule has 2 aromatic rings. The first-order valence-electron chi connectivity index (χ1n) is 6.67. The standard InChI is InChI=1S/C17H17ClO2/c1-2-12-7-9-13(10-8-12)15(17(19)20)11-14-5-3-4-6-16(14)18/h3-10,15H,2,11H2,1H3,(H,19,20). The highest BCUT2D eigenvalue weighted by Crippen LogP contribution is 2.25. The smallest absolute Gasteiger partial charge is 0.311 e. The maximum Gasteiger partial charge on any atom is 0.311 e. The van der Waals surface area contributed by atoms with E-state index in [4.69, 9.17) is 11.6 Å². The Morgan fingerprint density at radius 1 is 1.15 bits per heavy atom. The minimum atomic E-state index is -0.825. The van der Waals surface area contributed by atoms with Crippen LogP contribution in [0.5, 0.6) is 0 Å². The molecule has 0 spiro atoms. The number of benzene rings is 2. The second kappa shape index (κ2) is 6.58. The van der Waals surface area contributed by atoms with Gasteiger partial charge in [-0.05, 0) is 35.6 Å². The number of halogens is 1. The monoisotopic (exact) mass is 288 g/mol. The average molecular weight is 289 g/mol. The van der Waals surface area contributed by atoms with Gasteiger partial charge in [-0.1, -0.05) is 61.0 Å². The molecule has 2 aromatic carbocycles. The van der Waals surface area contributed by atoms with E-state index in [1.807, 2.05) is 42.5 Å². The van der Waals surface area contributed by atoms with E-state index in [9.17, 15) is 9.90 Å². The molecule has 0 aliphatic rings. The van der Waals surface area contributed by atoms with Gasteiger partial charge in [0.15, 0.2) is 0 Å². The number of carboxylic acid groups (broad SMARTS) is 1. The van der Waals surface area contributed by atoms with Crippen LogP contribution in [0.2, 0.25) is 5.02 Å². The number of aliphatic carboxylic acids is 1. The molecule has 0 heterocycles. The van der Waals surface area contributed by atoms with Gasteiger partial charge in [0.25, 0.3) is 0 Å². The van der Waals surface area contributed by atoms with Crippen LogP contribution in [0.3, 0.4) is 0 Å². The van der Waals surface area contributed by atoms with Crippen molar-refractivity contribution in [2.45, 2.75) is 25.7 Å². The Morgan fingerprint density at radius 3 is 2.35 bits per heavy atom. The highest BCUT2D eigenvalue weighted by Gasteiger charge is 2.21. The highest BCUT2D eigenvalue weighted by atomic mass is 35.5. The third-order valence-electron chi connectivity index (χ3n) is 3.47. The predicted molar refractivity (Wildman–Crippen MR) is 81.4 cm³/mol. The number of rotatable bonds is 5. The number of carboxylic acids is 1. The van der Waals surface area contributed by atoms with E-state index in [0.29, 0.717) is 11.4 Å². The van der Waals surface area contributed by atoms with E-state index >= 15 is 0 Å². The molecule has 0 aliphatic heterocycles. The summed E-state index contributed by atoms with van der Waals surface area (Å²) in [6, 6.07) is 15.1. The Kier molecular flexibility index (Phi) is 4.80. The van der Waals surface area contributed by atoms with Crippen LogP contribution in [0.1, 0.15) is 29.5 Å². The molecule has 0 fully saturated rings. The summed E-state index contributed by atoms with van der Waals surface area (Å²) in [4.78, 5) is 11.5. The molecule has 0 aliphatic carbocycles. The normalized spacial score (nSPS) is 12.1. The van der Waals surface area contributed by atoms with Crippen LogP contribution in [-0.4, -0.2) is 11.1 Å². The van der Waals surface area contributed by atoms with Crippen LogP contribution in [0.4, 0.5) is 0 Å². The summed E-state index contributed by atoms with van der Waals surface area (Å²) in [6.45, 7) is 2.08. The lowest BCUT2D eigenvalue weighted by atomic mass is 9.91. The fraction of sp³-hybridized carbons (Fsp3) is 0.235. The molecular weight excluding hydrogens is 272 g/mol. The minimum Gasteiger partial charge on any atom is -0.481 e. The Balaban J connectivity index is 2.27. The van der Waals surface area contributed by atoms with Crippen molar-refractivity contribution in [3.05, 3.63) is 70.2 Å². The lowest BCUT2D eigenvalue weighted by Gasteiger charge is -2.14. The second-order valence-corrected chi connectivity index (χ2v) is 5.19. The molecule has 2 rings (SSSR count). The zero-order valence-electron chi connectivity index (χ0n) is 11.3. The summed E-state index contributed by atoms with van der Waals surface area (Å²) in [5.74, 6) is -1.39. The van der Waals surface area contributed by atoms with E-state index in [1.165, 1.54) is 5.56 Å². The lowest BCUT2D eigenvalue weighted by molar-refractivity contribution is -0.138. The summed E-state index contributed by atoms with van der Waals surface area (Å²) in [7, 11) is 0. The lowest BCUT2D eigenvalue weighted by Crippen LogP contribution is -2.14. The third-order valence-corrected chi connectivity index (χ3v) is 3.84. The van der Waals surface area contributed by atoms with Crippen LogP contribution in [-0.2, 0) is 17.6 Å². The summed E-state index contributed by atoms with van der Waals surface area (Å²) >= 11 is 6.12. The quantitative estimate of drug-likeness (QED) is 0.890. The third kappa shape index (κ3) is 3.40. The van der Waals surface area contributed by atoms with Gasteiger partial charge in [-0.15, -0.1) is 0 Å². The van der Waals surface area contributed by atoms with Gasteiger partial charge in [0.1, 0.15) is 0 Å². The van der Waals surface area contributed by atoms with Crippen molar-refractivity contribution in [1.82, 2.24) is 0 Å². The first kappa shape index (κ1) is 14.6. The topological polar surface area (TPSA) is 37.3 Å². The molecule has 0 aromatic heterocycles. The van der Waals surface area contributed by atoms with E-state index in [2.05, 4.69) is 6.92 Å². The fourth-order valence-corrected chi connectivity index (χ4v) is 2.43. The summed E-state index contributed by atoms with van der Waals surface area (Å²) < 4.78 is 0.